The minimum atomic E-state index is -0.565. The van der Waals surface area contributed by atoms with Crippen LogP contribution in [0.15, 0.2) is 54.1 Å². The summed E-state index contributed by atoms with van der Waals surface area (Å²) >= 11 is 0. The Morgan fingerprint density at radius 3 is 2.11 bits per heavy atom. The quantitative estimate of drug-likeness (QED) is 0.190. The van der Waals surface area contributed by atoms with Gasteiger partial charge in [0.05, 0.1) is 12.2 Å². The van der Waals surface area contributed by atoms with E-state index in [0.717, 1.165) is 12.0 Å². The lowest BCUT2D eigenvalue weighted by atomic mass is 9.76. The van der Waals surface area contributed by atoms with Gasteiger partial charge in [-0.2, -0.15) is 0 Å². The van der Waals surface area contributed by atoms with Crippen LogP contribution in [0.25, 0.3) is 0 Å². The summed E-state index contributed by atoms with van der Waals surface area (Å²) in [6.45, 7) is 17.2. The van der Waals surface area contributed by atoms with Crippen LogP contribution in [0.3, 0.4) is 0 Å². The number of aliphatic hydroxyl groups excluding tert-OH is 2. The van der Waals surface area contributed by atoms with E-state index in [-0.39, 0.29) is 35.6 Å². The fourth-order valence-electron chi connectivity index (χ4n) is 5.09. The molecule has 0 aliphatic heterocycles. The minimum absolute atomic E-state index is 0.0337. The lowest BCUT2D eigenvalue weighted by Crippen LogP contribution is -2.33. The van der Waals surface area contributed by atoms with Crippen LogP contribution in [-0.4, -0.2) is 28.2 Å². The van der Waals surface area contributed by atoms with Gasteiger partial charge < -0.3 is 10.2 Å². The van der Waals surface area contributed by atoms with Crippen molar-refractivity contribution < 1.29 is 15.0 Å². The average molecular weight is 485 g/mol. The highest BCUT2D eigenvalue weighted by atomic mass is 16.3. The topological polar surface area (TPSA) is 57.5 Å². The maximum atomic E-state index is 12.3. The molecular weight excluding hydrogens is 432 g/mol. The van der Waals surface area contributed by atoms with Crippen LogP contribution in [0.5, 0.6) is 0 Å². The third-order valence-electron chi connectivity index (χ3n) is 7.94. The van der Waals surface area contributed by atoms with Crippen LogP contribution in [0, 0.1) is 35.5 Å². The van der Waals surface area contributed by atoms with E-state index in [1.165, 1.54) is 24.8 Å². The highest BCUT2D eigenvalue weighted by Gasteiger charge is 2.28. The number of rotatable bonds is 16. The van der Waals surface area contributed by atoms with E-state index < -0.39 is 6.10 Å². The van der Waals surface area contributed by atoms with Crippen molar-refractivity contribution in [3.05, 3.63) is 59.7 Å². The van der Waals surface area contributed by atoms with Crippen molar-refractivity contribution in [3.63, 3.8) is 0 Å². The zero-order valence-electron chi connectivity index (χ0n) is 23.6. The Kier molecular flexibility index (Phi) is 14.4. The second kappa shape index (κ2) is 16.1. The third-order valence-corrected chi connectivity index (χ3v) is 7.94. The molecule has 0 aliphatic rings. The zero-order chi connectivity index (χ0) is 26.5. The van der Waals surface area contributed by atoms with E-state index in [9.17, 15) is 15.0 Å². The predicted molar refractivity (Wildman–Crippen MR) is 149 cm³/mol. The normalized spacial score (nSPS) is 19.5. The lowest BCUT2D eigenvalue weighted by molar-refractivity contribution is -0.114. The largest absolute Gasteiger partial charge is 0.393 e. The molecule has 0 saturated heterocycles. The zero-order valence-corrected chi connectivity index (χ0v) is 23.6. The van der Waals surface area contributed by atoms with E-state index in [0.29, 0.717) is 18.3 Å². The Morgan fingerprint density at radius 2 is 1.51 bits per heavy atom. The van der Waals surface area contributed by atoms with Crippen molar-refractivity contribution >= 4 is 5.78 Å². The van der Waals surface area contributed by atoms with E-state index >= 15 is 0 Å². The molecule has 1 aromatic carbocycles. The summed E-state index contributed by atoms with van der Waals surface area (Å²) in [5.74, 6) is 1.42. The number of unbranched alkanes of at least 4 members (excludes halogenated alkanes) is 1. The Bertz CT molecular complexity index is 781. The van der Waals surface area contributed by atoms with Gasteiger partial charge in [0.2, 0.25) is 0 Å². The molecule has 0 fully saturated rings. The van der Waals surface area contributed by atoms with Crippen LogP contribution in [-0.2, 0) is 11.2 Å². The lowest BCUT2D eigenvalue weighted by Gasteiger charge is -2.33. The number of carbonyl (C=O) groups excluding carboxylic acids is 1. The third kappa shape index (κ3) is 11.3. The Hall–Kier alpha value is -1.71. The first-order valence-electron chi connectivity index (χ1n) is 13.8. The number of hydrogen-bond donors (Lipinski definition) is 2. The molecule has 0 saturated carbocycles. The maximum Gasteiger partial charge on any atom is 0.159 e. The molecule has 198 valence electrons. The number of carbonyl (C=O) groups is 1. The van der Waals surface area contributed by atoms with Crippen LogP contribution < -0.4 is 0 Å². The van der Waals surface area contributed by atoms with Gasteiger partial charge >= 0.3 is 0 Å². The summed E-state index contributed by atoms with van der Waals surface area (Å²) in [7, 11) is 0. The molecular formula is C32H52O3. The summed E-state index contributed by atoms with van der Waals surface area (Å²) in [5.41, 5.74) is 2.19. The van der Waals surface area contributed by atoms with Crippen molar-refractivity contribution in [2.45, 2.75) is 99.7 Å². The van der Waals surface area contributed by atoms with Crippen molar-refractivity contribution in [3.8, 4) is 0 Å². The molecule has 1 aromatic rings. The molecule has 35 heavy (non-hydrogen) atoms. The van der Waals surface area contributed by atoms with Gasteiger partial charge in [-0.15, -0.1) is 0 Å². The smallest absolute Gasteiger partial charge is 0.159 e. The number of allylic oxidation sites excluding steroid dienone is 2. The van der Waals surface area contributed by atoms with Crippen molar-refractivity contribution in [1.29, 1.82) is 0 Å². The van der Waals surface area contributed by atoms with Crippen molar-refractivity contribution in [2.24, 2.45) is 35.5 Å². The van der Waals surface area contributed by atoms with Crippen LogP contribution in [0.2, 0.25) is 0 Å². The number of benzene rings is 1. The Morgan fingerprint density at radius 1 is 0.886 bits per heavy atom. The van der Waals surface area contributed by atoms with Crippen molar-refractivity contribution in [2.75, 3.05) is 0 Å². The van der Waals surface area contributed by atoms with Gasteiger partial charge in [0.15, 0.2) is 5.78 Å². The van der Waals surface area contributed by atoms with Gasteiger partial charge in [-0.3, -0.25) is 4.79 Å². The predicted octanol–water partition coefficient (Wildman–Crippen LogP) is 7.42. The highest BCUT2D eigenvalue weighted by Crippen LogP contribution is 2.31. The molecule has 8 unspecified atom stereocenters. The summed E-state index contributed by atoms with van der Waals surface area (Å²) in [6.07, 6.45) is 9.54. The molecule has 0 amide bonds. The molecule has 3 nitrogen and oxygen atoms in total. The van der Waals surface area contributed by atoms with E-state index in [2.05, 4.69) is 47.6 Å². The number of aliphatic hydroxyl groups is 2. The van der Waals surface area contributed by atoms with Crippen molar-refractivity contribution in [1.82, 2.24) is 0 Å². The SMILES string of the molecule is CCCCC(C)C(C)C(C)C(O)C(C)C/C(C)=C\C(C)C(O)C(C)/C=C\C(=O)Cc1ccccc1. The molecule has 1 rings (SSSR count). The number of ketones is 1. The number of hydrogen-bond acceptors (Lipinski definition) is 3. The van der Waals surface area contributed by atoms with Crippen LogP contribution in [0.1, 0.15) is 86.6 Å². The second-order valence-corrected chi connectivity index (χ2v) is 11.2. The molecule has 0 bridgehead atoms. The van der Waals surface area contributed by atoms with Gasteiger partial charge in [-0.1, -0.05) is 116 Å². The van der Waals surface area contributed by atoms with Gasteiger partial charge in [0.25, 0.3) is 0 Å². The van der Waals surface area contributed by atoms with Gasteiger partial charge in [-0.25, -0.2) is 0 Å². The molecule has 2 N–H and O–H groups in total. The maximum absolute atomic E-state index is 12.3. The Balaban J connectivity index is 2.61. The van der Waals surface area contributed by atoms with Crippen LogP contribution >= 0.6 is 0 Å². The first-order valence-corrected chi connectivity index (χ1v) is 13.8. The summed E-state index contributed by atoms with van der Waals surface area (Å²) in [6, 6.07) is 9.71. The van der Waals surface area contributed by atoms with Gasteiger partial charge in [-0.05, 0) is 48.7 Å². The summed E-state index contributed by atoms with van der Waals surface area (Å²) < 4.78 is 0. The minimum Gasteiger partial charge on any atom is -0.393 e. The van der Waals surface area contributed by atoms with Crippen LogP contribution in [0.4, 0.5) is 0 Å². The van der Waals surface area contributed by atoms with E-state index in [4.69, 9.17) is 0 Å². The first kappa shape index (κ1) is 31.3. The standard InChI is InChI=1S/C32H52O3/c1-9-10-14-23(3)27(7)28(8)32(35)26(6)20-22(2)19-25(5)31(34)24(4)17-18-30(33)21-29-15-12-11-13-16-29/h11-13,15-19,23-28,31-32,34-35H,9-10,14,20-21H2,1-8H3/b18-17-,22-19-. The van der Waals surface area contributed by atoms with Gasteiger partial charge in [0.1, 0.15) is 0 Å². The monoisotopic (exact) mass is 484 g/mol. The molecule has 0 spiro atoms. The second-order valence-electron chi connectivity index (χ2n) is 11.2. The fraction of sp³-hybridized carbons (Fsp3) is 0.656. The average Bonchev–Trinajstić information content (AvgIpc) is 2.84. The fourth-order valence-corrected chi connectivity index (χ4v) is 5.09. The summed E-state index contributed by atoms with van der Waals surface area (Å²) in [4.78, 5) is 12.3. The molecule has 0 radical (unpaired) electrons. The van der Waals surface area contributed by atoms with E-state index in [1.54, 1.807) is 6.08 Å². The van der Waals surface area contributed by atoms with Gasteiger partial charge in [0, 0.05) is 18.3 Å². The molecule has 0 aromatic heterocycles. The summed E-state index contributed by atoms with van der Waals surface area (Å²) in [5, 5.41) is 21.8. The highest BCUT2D eigenvalue weighted by molar-refractivity contribution is 5.91. The molecule has 8 atom stereocenters. The molecule has 3 heteroatoms. The first-order chi connectivity index (χ1) is 16.5. The Labute approximate surface area is 215 Å². The van der Waals surface area contributed by atoms with E-state index in [1.807, 2.05) is 50.3 Å². The molecule has 0 heterocycles. The molecule has 0 aliphatic carbocycles.